The zero-order chi connectivity index (χ0) is 16.5. The number of rotatable bonds is 3. The topological polar surface area (TPSA) is 63.0 Å². The van der Waals surface area contributed by atoms with Gasteiger partial charge in [0.15, 0.2) is 0 Å². The Balaban J connectivity index is 1.61. The Hall–Kier alpha value is -1.73. The van der Waals surface area contributed by atoms with E-state index in [-0.39, 0.29) is 12.0 Å². The third kappa shape index (κ3) is 3.10. The molecule has 2 atom stereocenters. The highest BCUT2D eigenvalue weighted by Crippen LogP contribution is 2.33. The van der Waals surface area contributed by atoms with Gasteiger partial charge in [-0.3, -0.25) is 5.43 Å². The molecule has 0 amide bonds. The highest BCUT2D eigenvalue weighted by atomic mass is 79.9. The molecule has 7 heteroatoms. The molecule has 1 aliphatic heterocycles. The molecule has 3 aromatic rings. The lowest BCUT2D eigenvalue weighted by molar-refractivity contribution is 0.347. The summed E-state index contributed by atoms with van der Waals surface area (Å²) in [4.78, 5) is 4.59. The van der Waals surface area contributed by atoms with Crippen LogP contribution in [0.15, 0.2) is 57.5 Å². The lowest BCUT2D eigenvalue weighted by Crippen LogP contribution is -2.24. The maximum Gasteiger partial charge on any atom is 0.233 e. The molecule has 2 unspecified atom stereocenters. The van der Waals surface area contributed by atoms with Gasteiger partial charge in [0.1, 0.15) is 0 Å². The minimum absolute atomic E-state index is 0.0560. The van der Waals surface area contributed by atoms with E-state index in [1.54, 1.807) is 0 Å². The van der Waals surface area contributed by atoms with Crippen molar-refractivity contribution in [2.75, 3.05) is 6.54 Å². The van der Waals surface area contributed by atoms with Crippen LogP contribution in [0.3, 0.4) is 0 Å². The smallest absolute Gasteiger partial charge is 0.233 e. The number of nitrogens with one attached hydrogen (secondary N) is 2. The molecule has 2 N–H and O–H groups in total. The van der Waals surface area contributed by atoms with E-state index in [0.717, 1.165) is 27.2 Å². The van der Waals surface area contributed by atoms with Crippen molar-refractivity contribution in [3.8, 4) is 11.4 Å². The first-order valence-electron chi connectivity index (χ1n) is 7.54. The molecule has 1 saturated heterocycles. The van der Waals surface area contributed by atoms with Crippen molar-refractivity contribution in [1.82, 2.24) is 21.0 Å². The lowest BCUT2D eigenvalue weighted by atomic mass is 9.95. The molecule has 4 rings (SSSR count). The van der Waals surface area contributed by atoms with Crippen molar-refractivity contribution in [3.63, 3.8) is 0 Å². The summed E-state index contributed by atoms with van der Waals surface area (Å²) in [7, 11) is 0. The second-order valence-corrected chi connectivity index (χ2v) is 6.98. The second kappa shape index (κ2) is 6.64. The standard InChI is InChI=1S/C17H14BrClN4O/c18-12-5-1-11(2-6-12)16-21-17(24-23-16)14-9-20-22-15(14)10-3-7-13(19)8-4-10/h1-8,14-15,20,22H,9H2. The van der Waals surface area contributed by atoms with Crippen LogP contribution in [-0.4, -0.2) is 16.7 Å². The van der Waals surface area contributed by atoms with Gasteiger partial charge in [-0.2, -0.15) is 4.98 Å². The monoisotopic (exact) mass is 404 g/mol. The second-order valence-electron chi connectivity index (χ2n) is 5.62. The van der Waals surface area contributed by atoms with Crippen molar-refractivity contribution in [1.29, 1.82) is 0 Å². The summed E-state index contributed by atoms with van der Waals surface area (Å²) in [6, 6.07) is 15.7. The maximum absolute atomic E-state index is 5.97. The number of aromatic nitrogens is 2. The van der Waals surface area contributed by atoms with Crippen molar-refractivity contribution in [2.24, 2.45) is 0 Å². The van der Waals surface area contributed by atoms with Crippen LogP contribution in [0.5, 0.6) is 0 Å². The van der Waals surface area contributed by atoms with E-state index in [2.05, 4.69) is 36.9 Å². The Morgan fingerprint density at radius 1 is 1.08 bits per heavy atom. The summed E-state index contributed by atoms with van der Waals surface area (Å²) in [6.07, 6.45) is 0. The van der Waals surface area contributed by atoms with E-state index < -0.39 is 0 Å². The third-order valence-electron chi connectivity index (χ3n) is 4.07. The van der Waals surface area contributed by atoms with Crippen LogP contribution in [-0.2, 0) is 0 Å². The summed E-state index contributed by atoms with van der Waals surface area (Å²) < 4.78 is 6.55. The summed E-state index contributed by atoms with van der Waals surface area (Å²) >= 11 is 9.40. The molecule has 0 saturated carbocycles. The Morgan fingerprint density at radius 2 is 1.83 bits per heavy atom. The molecule has 5 nitrogen and oxygen atoms in total. The lowest BCUT2D eigenvalue weighted by Gasteiger charge is -2.15. The van der Waals surface area contributed by atoms with Crippen molar-refractivity contribution in [2.45, 2.75) is 12.0 Å². The molecule has 2 aromatic carbocycles. The van der Waals surface area contributed by atoms with Gasteiger partial charge in [-0.25, -0.2) is 5.43 Å². The molecule has 2 heterocycles. The molecule has 0 spiro atoms. The average Bonchev–Trinajstić information content (AvgIpc) is 3.25. The Kier molecular flexibility index (Phi) is 4.37. The highest BCUT2D eigenvalue weighted by molar-refractivity contribution is 9.10. The van der Waals surface area contributed by atoms with Gasteiger partial charge < -0.3 is 4.52 Å². The fourth-order valence-corrected chi connectivity index (χ4v) is 3.21. The van der Waals surface area contributed by atoms with Gasteiger partial charge in [0.2, 0.25) is 11.7 Å². The third-order valence-corrected chi connectivity index (χ3v) is 4.85. The molecular weight excluding hydrogens is 392 g/mol. The predicted molar refractivity (Wildman–Crippen MR) is 95.5 cm³/mol. The van der Waals surface area contributed by atoms with E-state index in [1.807, 2.05) is 48.5 Å². The molecule has 1 aliphatic rings. The summed E-state index contributed by atoms with van der Waals surface area (Å²) in [5.74, 6) is 1.27. The summed E-state index contributed by atoms with van der Waals surface area (Å²) in [5.41, 5.74) is 8.49. The predicted octanol–water partition coefficient (Wildman–Crippen LogP) is 4.09. The van der Waals surface area contributed by atoms with Crippen LogP contribution >= 0.6 is 27.5 Å². The zero-order valence-electron chi connectivity index (χ0n) is 12.5. The summed E-state index contributed by atoms with van der Waals surface area (Å²) in [5, 5.41) is 4.84. The van der Waals surface area contributed by atoms with Gasteiger partial charge in [0.25, 0.3) is 0 Å². The first-order chi connectivity index (χ1) is 11.7. The fourth-order valence-electron chi connectivity index (χ4n) is 2.81. The number of benzene rings is 2. The molecular formula is C17H14BrClN4O. The van der Waals surface area contributed by atoms with E-state index in [9.17, 15) is 0 Å². The Bertz CT molecular complexity index is 835. The molecule has 24 heavy (non-hydrogen) atoms. The van der Waals surface area contributed by atoms with Crippen LogP contribution in [0.1, 0.15) is 23.4 Å². The van der Waals surface area contributed by atoms with Crippen LogP contribution in [0.25, 0.3) is 11.4 Å². The number of hydrazine groups is 1. The first-order valence-corrected chi connectivity index (χ1v) is 8.71. The van der Waals surface area contributed by atoms with Crippen LogP contribution < -0.4 is 10.9 Å². The van der Waals surface area contributed by atoms with Gasteiger partial charge in [-0.1, -0.05) is 44.8 Å². The number of hydrogen-bond acceptors (Lipinski definition) is 5. The molecule has 0 aliphatic carbocycles. The van der Waals surface area contributed by atoms with Crippen LogP contribution in [0, 0.1) is 0 Å². The maximum atomic E-state index is 5.97. The first kappa shape index (κ1) is 15.8. The van der Waals surface area contributed by atoms with Gasteiger partial charge in [-0.15, -0.1) is 0 Å². The molecule has 1 fully saturated rings. The number of nitrogens with zero attached hydrogens (tertiary/aromatic N) is 2. The molecule has 0 bridgehead atoms. The minimum atomic E-state index is 0.0560. The largest absolute Gasteiger partial charge is 0.339 e. The van der Waals surface area contributed by atoms with Crippen LogP contribution in [0.4, 0.5) is 0 Å². The van der Waals surface area contributed by atoms with E-state index in [1.165, 1.54) is 0 Å². The highest BCUT2D eigenvalue weighted by Gasteiger charge is 2.34. The van der Waals surface area contributed by atoms with Crippen molar-refractivity contribution < 1.29 is 4.52 Å². The van der Waals surface area contributed by atoms with Crippen molar-refractivity contribution in [3.05, 3.63) is 69.5 Å². The van der Waals surface area contributed by atoms with Gasteiger partial charge >= 0.3 is 0 Å². The molecule has 0 radical (unpaired) electrons. The molecule has 1 aromatic heterocycles. The summed E-state index contributed by atoms with van der Waals surface area (Å²) in [6.45, 7) is 0.718. The number of hydrogen-bond donors (Lipinski definition) is 2. The van der Waals surface area contributed by atoms with E-state index >= 15 is 0 Å². The van der Waals surface area contributed by atoms with E-state index in [0.29, 0.717) is 11.7 Å². The van der Waals surface area contributed by atoms with Gasteiger partial charge in [-0.05, 0) is 42.0 Å². The quantitative estimate of drug-likeness (QED) is 0.687. The van der Waals surface area contributed by atoms with Crippen molar-refractivity contribution >= 4 is 27.5 Å². The van der Waals surface area contributed by atoms with Gasteiger partial charge in [0.05, 0.1) is 12.0 Å². The van der Waals surface area contributed by atoms with Gasteiger partial charge in [0, 0.05) is 21.6 Å². The minimum Gasteiger partial charge on any atom is -0.339 e. The normalized spacial score (nSPS) is 20.4. The average molecular weight is 406 g/mol. The van der Waals surface area contributed by atoms with E-state index in [4.69, 9.17) is 16.1 Å². The zero-order valence-corrected chi connectivity index (χ0v) is 14.9. The SMILES string of the molecule is Clc1ccc(C2NNCC2c2nc(-c3ccc(Br)cc3)no2)cc1. The Labute approximate surface area is 152 Å². The Morgan fingerprint density at radius 3 is 2.58 bits per heavy atom. The number of halogens is 2. The van der Waals surface area contributed by atoms with Crippen LogP contribution in [0.2, 0.25) is 5.02 Å². The molecule has 122 valence electrons. The fraction of sp³-hybridized carbons (Fsp3) is 0.176.